The summed E-state index contributed by atoms with van der Waals surface area (Å²) >= 11 is 0. The first-order valence-electron chi connectivity index (χ1n) is 9.57. The first-order valence-corrected chi connectivity index (χ1v) is 9.57. The van der Waals surface area contributed by atoms with Gasteiger partial charge in [-0.15, -0.1) is 0 Å². The maximum absolute atomic E-state index is 12.9. The number of hydrogen-bond donors (Lipinski definition) is 1. The average molecular weight is 374 g/mol. The summed E-state index contributed by atoms with van der Waals surface area (Å²) in [6.45, 7) is 2.20. The van der Waals surface area contributed by atoms with Gasteiger partial charge < -0.3 is 0 Å². The molecule has 1 aliphatic rings. The van der Waals surface area contributed by atoms with Crippen molar-refractivity contribution in [3.63, 3.8) is 0 Å². The molecule has 6 heteroatoms. The van der Waals surface area contributed by atoms with Crippen LogP contribution in [0.15, 0.2) is 64.5 Å². The summed E-state index contributed by atoms with van der Waals surface area (Å²) in [4.78, 5) is 25.8. The van der Waals surface area contributed by atoms with Crippen molar-refractivity contribution >= 4 is 22.4 Å². The molecule has 0 unspecified atom stereocenters. The quantitative estimate of drug-likeness (QED) is 0.711. The zero-order chi connectivity index (χ0) is 19.5. The molecule has 0 spiro atoms. The Balaban J connectivity index is 1.75. The van der Waals surface area contributed by atoms with Gasteiger partial charge in [-0.05, 0) is 49.8 Å². The van der Waals surface area contributed by atoms with Crippen molar-refractivity contribution in [3.05, 3.63) is 70.6 Å². The molecule has 1 atom stereocenters. The van der Waals surface area contributed by atoms with Crippen molar-refractivity contribution < 1.29 is 4.79 Å². The Labute approximate surface area is 162 Å². The molecule has 0 saturated heterocycles. The number of benzene rings is 2. The normalized spacial score (nSPS) is 18.3. The second-order valence-corrected chi connectivity index (χ2v) is 7.27. The Morgan fingerprint density at radius 2 is 1.82 bits per heavy atom. The Kier molecular flexibility index (Phi) is 5.02. The molecule has 0 bridgehead atoms. The van der Waals surface area contributed by atoms with E-state index in [9.17, 15) is 9.59 Å². The number of nitrogens with zero attached hydrogens (tertiary/aromatic N) is 3. The van der Waals surface area contributed by atoms with Gasteiger partial charge in [0.15, 0.2) is 5.69 Å². The smallest absolute Gasteiger partial charge is 0.267 e. The maximum atomic E-state index is 12.9. The molecule has 1 heterocycles. The topological polar surface area (TPSA) is 76.3 Å². The van der Waals surface area contributed by atoms with E-state index in [1.54, 1.807) is 36.4 Å². The minimum Gasteiger partial charge on any atom is -0.267 e. The summed E-state index contributed by atoms with van der Waals surface area (Å²) in [5, 5.41) is 9.68. The van der Waals surface area contributed by atoms with E-state index >= 15 is 0 Å². The molecule has 0 radical (unpaired) electrons. The Morgan fingerprint density at radius 3 is 2.57 bits per heavy atom. The fourth-order valence-electron chi connectivity index (χ4n) is 3.65. The molecule has 0 aliphatic heterocycles. The molecular weight excluding hydrogens is 352 g/mol. The van der Waals surface area contributed by atoms with Gasteiger partial charge in [0.1, 0.15) is 0 Å². The summed E-state index contributed by atoms with van der Waals surface area (Å²) in [7, 11) is 0. The molecule has 142 valence electrons. The van der Waals surface area contributed by atoms with Crippen LogP contribution in [0.2, 0.25) is 0 Å². The summed E-state index contributed by atoms with van der Waals surface area (Å²) < 4.78 is 1.27. The lowest BCUT2D eigenvalue weighted by Gasteiger charge is -2.19. The zero-order valence-electron chi connectivity index (χ0n) is 15.8. The van der Waals surface area contributed by atoms with Crippen molar-refractivity contribution in [2.24, 2.45) is 11.0 Å². The van der Waals surface area contributed by atoms with E-state index in [2.05, 4.69) is 22.5 Å². The van der Waals surface area contributed by atoms with E-state index in [0.717, 1.165) is 25.0 Å². The van der Waals surface area contributed by atoms with Crippen LogP contribution in [0, 0.1) is 5.92 Å². The fourth-order valence-corrected chi connectivity index (χ4v) is 3.65. The van der Waals surface area contributed by atoms with Crippen LogP contribution in [0.3, 0.4) is 0 Å². The van der Waals surface area contributed by atoms with Crippen molar-refractivity contribution in [1.82, 2.24) is 15.2 Å². The first-order chi connectivity index (χ1) is 13.6. The number of aromatic nitrogens is 2. The van der Waals surface area contributed by atoms with Crippen molar-refractivity contribution in [1.29, 1.82) is 0 Å². The van der Waals surface area contributed by atoms with Crippen LogP contribution in [-0.2, 0) is 0 Å². The van der Waals surface area contributed by atoms with E-state index in [4.69, 9.17) is 0 Å². The van der Waals surface area contributed by atoms with Crippen LogP contribution in [-0.4, -0.2) is 21.4 Å². The molecule has 4 rings (SSSR count). The minimum atomic E-state index is -0.411. The van der Waals surface area contributed by atoms with E-state index in [1.165, 1.54) is 11.1 Å². The van der Waals surface area contributed by atoms with Gasteiger partial charge in [0, 0.05) is 11.1 Å². The molecule has 3 aromatic rings. The highest BCUT2D eigenvalue weighted by molar-refractivity contribution is 6.05. The Bertz CT molecular complexity index is 1100. The SMILES string of the molecule is C[C@@H]1CCC/C(=N/NC(=O)c2nn(-c3ccccc3)c(=O)c3ccccc23)C1. The second-order valence-electron chi connectivity index (χ2n) is 7.27. The third-order valence-corrected chi connectivity index (χ3v) is 5.08. The van der Waals surface area contributed by atoms with Gasteiger partial charge in [-0.1, -0.05) is 43.3 Å². The van der Waals surface area contributed by atoms with Crippen molar-refractivity contribution in [2.45, 2.75) is 32.6 Å². The summed E-state index contributed by atoms with van der Waals surface area (Å²) in [6.07, 6.45) is 4.09. The molecule has 1 aromatic heterocycles. The first kappa shape index (κ1) is 18.1. The predicted molar refractivity (Wildman–Crippen MR) is 110 cm³/mol. The molecular formula is C22H22N4O2. The lowest BCUT2D eigenvalue weighted by Crippen LogP contribution is -2.29. The van der Waals surface area contributed by atoms with Gasteiger partial charge in [0.05, 0.1) is 11.1 Å². The Morgan fingerprint density at radius 1 is 1.11 bits per heavy atom. The zero-order valence-corrected chi connectivity index (χ0v) is 15.8. The molecule has 28 heavy (non-hydrogen) atoms. The van der Waals surface area contributed by atoms with Crippen LogP contribution in [0.5, 0.6) is 0 Å². The van der Waals surface area contributed by atoms with E-state index in [0.29, 0.717) is 22.4 Å². The highest BCUT2D eigenvalue weighted by Crippen LogP contribution is 2.21. The fraction of sp³-hybridized carbons (Fsp3) is 0.273. The number of rotatable bonds is 3. The molecule has 2 aromatic carbocycles. The van der Waals surface area contributed by atoms with Gasteiger partial charge in [-0.25, -0.2) is 5.43 Å². The van der Waals surface area contributed by atoms with Gasteiger partial charge >= 0.3 is 0 Å². The average Bonchev–Trinajstić information content (AvgIpc) is 2.73. The van der Waals surface area contributed by atoms with E-state index in [1.807, 2.05) is 18.2 Å². The standard InChI is InChI=1S/C22H22N4O2/c1-15-8-7-9-16(14-15)23-24-21(27)20-18-12-5-6-13-19(18)22(28)26(25-20)17-10-3-2-4-11-17/h2-6,10-13,15H,7-9,14H2,1H3,(H,24,27)/b23-16-/t15-/m1/s1. The molecule has 1 fully saturated rings. The summed E-state index contributed by atoms with van der Waals surface area (Å²) in [5.74, 6) is 0.176. The Hall–Kier alpha value is -3.28. The third kappa shape index (κ3) is 3.58. The van der Waals surface area contributed by atoms with Gasteiger partial charge in [0.2, 0.25) is 0 Å². The van der Waals surface area contributed by atoms with Gasteiger partial charge in [-0.2, -0.15) is 14.9 Å². The van der Waals surface area contributed by atoms with Crippen molar-refractivity contribution in [3.8, 4) is 5.69 Å². The van der Waals surface area contributed by atoms with Gasteiger partial charge in [0.25, 0.3) is 11.5 Å². The minimum absolute atomic E-state index is 0.187. The van der Waals surface area contributed by atoms with Crippen LogP contribution in [0.1, 0.15) is 43.1 Å². The predicted octanol–water partition coefficient (Wildman–Crippen LogP) is 3.68. The molecule has 1 N–H and O–H groups in total. The van der Waals surface area contributed by atoms with Crippen molar-refractivity contribution in [2.75, 3.05) is 0 Å². The third-order valence-electron chi connectivity index (χ3n) is 5.08. The molecule has 6 nitrogen and oxygen atoms in total. The number of amides is 1. The molecule has 1 aliphatic carbocycles. The van der Waals surface area contributed by atoms with Crippen LogP contribution < -0.4 is 11.0 Å². The maximum Gasteiger partial charge on any atom is 0.292 e. The summed E-state index contributed by atoms with van der Waals surface area (Å²) in [6, 6.07) is 16.1. The molecule has 1 saturated carbocycles. The van der Waals surface area contributed by atoms with E-state index in [-0.39, 0.29) is 11.3 Å². The monoisotopic (exact) mass is 374 g/mol. The second kappa shape index (κ2) is 7.76. The van der Waals surface area contributed by atoms with Crippen LogP contribution >= 0.6 is 0 Å². The highest BCUT2D eigenvalue weighted by atomic mass is 16.2. The number of carbonyl (C=O) groups is 1. The number of carbonyl (C=O) groups excluding carboxylic acids is 1. The van der Waals surface area contributed by atoms with Crippen LogP contribution in [0.4, 0.5) is 0 Å². The highest BCUT2D eigenvalue weighted by Gasteiger charge is 2.18. The van der Waals surface area contributed by atoms with Crippen LogP contribution in [0.25, 0.3) is 16.5 Å². The number of hydrogen-bond acceptors (Lipinski definition) is 4. The molecule has 1 amide bonds. The summed E-state index contributed by atoms with van der Waals surface area (Å²) in [5.41, 5.74) is 4.20. The largest absolute Gasteiger partial charge is 0.292 e. The lowest BCUT2D eigenvalue weighted by molar-refractivity contribution is 0.0949. The number of fused-ring (bicyclic) bond motifs is 1. The van der Waals surface area contributed by atoms with Gasteiger partial charge in [-0.3, -0.25) is 9.59 Å². The lowest BCUT2D eigenvalue weighted by atomic mass is 9.89. The number of hydrazone groups is 1. The number of para-hydroxylation sites is 1. The number of nitrogens with one attached hydrogen (secondary N) is 1. The van der Waals surface area contributed by atoms with E-state index < -0.39 is 5.91 Å².